The zero-order valence-electron chi connectivity index (χ0n) is 17.9. The number of rotatable bonds is 15. The number of hydrogen-bond donors (Lipinski definition) is 0. The van der Waals surface area contributed by atoms with E-state index in [2.05, 4.69) is 6.92 Å². The molecule has 0 N–H and O–H groups in total. The molecule has 30 heavy (non-hydrogen) atoms. The Morgan fingerprint density at radius 2 is 1.40 bits per heavy atom. The summed E-state index contributed by atoms with van der Waals surface area (Å²) < 4.78 is 16.6. The van der Waals surface area contributed by atoms with Crippen LogP contribution in [0, 0.1) is 0 Å². The fourth-order valence-corrected chi connectivity index (χ4v) is 3.31. The number of benzene rings is 2. The molecule has 4 nitrogen and oxygen atoms in total. The third-order valence-corrected chi connectivity index (χ3v) is 5.07. The van der Waals surface area contributed by atoms with Crippen LogP contribution in [-0.2, 0) is 4.74 Å². The molecule has 5 heteroatoms. The second kappa shape index (κ2) is 14.7. The highest BCUT2D eigenvalue weighted by atomic mass is 35.5. The van der Waals surface area contributed by atoms with Gasteiger partial charge >= 0.3 is 5.97 Å². The lowest BCUT2D eigenvalue weighted by atomic mass is 10.1. The largest absolute Gasteiger partial charge is 0.490 e. The molecule has 0 atom stereocenters. The molecule has 0 amide bonds. The molecule has 0 saturated heterocycles. The summed E-state index contributed by atoms with van der Waals surface area (Å²) >= 11 is 6.24. The van der Waals surface area contributed by atoms with E-state index in [-0.39, 0.29) is 5.97 Å². The monoisotopic (exact) mass is 432 g/mol. The van der Waals surface area contributed by atoms with E-state index in [0.29, 0.717) is 36.2 Å². The van der Waals surface area contributed by atoms with Crippen LogP contribution in [0.3, 0.4) is 0 Å². The number of esters is 1. The Morgan fingerprint density at radius 1 is 0.767 bits per heavy atom. The lowest BCUT2D eigenvalue weighted by molar-refractivity contribution is 0.0498. The second-order valence-corrected chi connectivity index (χ2v) is 7.67. The summed E-state index contributed by atoms with van der Waals surface area (Å²) in [6, 6.07) is 14.6. The summed E-state index contributed by atoms with van der Waals surface area (Å²) in [6.45, 7) is 3.46. The van der Waals surface area contributed by atoms with Crippen LogP contribution in [0.4, 0.5) is 0 Å². The van der Waals surface area contributed by atoms with Crippen LogP contribution in [0.2, 0.25) is 5.02 Å². The second-order valence-electron chi connectivity index (χ2n) is 7.26. The van der Waals surface area contributed by atoms with E-state index in [4.69, 9.17) is 25.8 Å². The zero-order chi connectivity index (χ0) is 21.4. The molecule has 0 fully saturated rings. The van der Waals surface area contributed by atoms with E-state index in [0.717, 1.165) is 18.6 Å². The average molecular weight is 433 g/mol. The normalized spacial score (nSPS) is 10.6. The summed E-state index contributed by atoms with van der Waals surface area (Å²) in [5.41, 5.74) is 0.365. The highest BCUT2D eigenvalue weighted by Crippen LogP contribution is 2.23. The van der Waals surface area contributed by atoms with E-state index in [1.165, 1.54) is 38.5 Å². The minimum Gasteiger partial charge on any atom is -0.490 e. The Bertz CT molecular complexity index is 733. The van der Waals surface area contributed by atoms with Gasteiger partial charge in [0.25, 0.3) is 0 Å². The van der Waals surface area contributed by atoms with Crippen LogP contribution < -0.4 is 9.47 Å². The van der Waals surface area contributed by atoms with Gasteiger partial charge in [0.05, 0.1) is 17.2 Å². The van der Waals surface area contributed by atoms with Crippen molar-refractivity contribution in [3.05, 3.63) is 59.1 Å². The number of para-hydroxylation sites is 1. The fourth-order valence-electron chi connectivity index (χ4n) is 3.07. The van der Waals surface area contributed by atoms with Crippen LogP contribution >= 0.6 is 11.6 Å². The first-order chi connectivity index (χ1) is 14.7. The van der Waals surface area contributed by atoms with Gasteiger partial charge in [0, 0.05) is 0 Å². The molecule has 0 radical (unpaired) electrons. The zero-order valence-corrected chi connectivity index (χ0v) is 18.7. The van der Waals surface area contributed by atoms with Gasteiger partial charge in [-0.05, 0) is 36.8 Å². The Hall–Kier alpha value is -2.20. The van der Waals surface area contributed by atoms with Gasteiger partial charge in [0.15, 0.2) is 0 Å². The molecule has 0 aliphatic carbocycles. The molecule has 2 rings (SSSR count). The van der Waals surface area contributed by atoms with Gasteiger partial charge in [-0.2, -0.15) is 0 Å². The molecule has 0 aliphatic rings. The Labute approximate surface area is 185 Å². The van der Waals surface area contributed by atoms with Crippen LogP contribution in [0.25, 0.3) is 0 Å². The third kappa shape index (κ3) is 9.53. The van der Waals surface area contributed by atoms with Crippen LogP contribution in [0.5, 0.6) is 11.5 Å². The number of carbonyl (C=O) groups is 1. The molecule has 0 unspecified atom stereocenters. The quantitative estimate of drug-likeness (QED) is 0.222. The maximum atomic E-state index is 12.2. The van der Waals surface area contributed by atoms with Crippen molar-refractivity contribution in [2.45, 2.75) is 58.3 Å². The van der Waals surface area contributed by atoms with E-state index in [1.54, 1.807) is 18.2 Å². The standard InChI is InChI=1S/C25H33ClO4/c1-2-3-4-5-6-7-8-12-17-30-25(27)23-16-15-22(20-24(23)26)29-19-18-28-21-13-10-9-11-14-21/h9-11,13-16,20H,2-8,12,17-19H2,1H3. The van der Waals surface area contributed by atoms with E-state index < -0.39 is 0 Å². The van der Waals surface area contributed by atoms with Gasteiger partial charge in [-0.1, -0.05) is 81.7 Å². The van der Waals surface area contributed by atoms with E-state index in [9.17, 15) is 4.79 Å². The molecule has 2 aromatic carbocycles. The predicted octanol–water partition coefficient (Wildman–Crippen LogP) is 7.10. The topological polar surface area (TPSA) is 44.8 Å². The summed E-state index contributed by atoms with van der Waals surface area (Å²) in [7, 11) is 0. The maximum absolute atomic E-state index is 12.2. The number of ether oxygens (including phenoxy) is 3. The van der Waals surface area contributed by atoms with Gasteiger partial charge in [-0.15, -0.1) is 0 Å². The van der Waals surface area contributed by atoms with Gasteiger partial charge in [-0.3, -0.25) is 0 Å². The summed E-state index contributed by atoms with van der Waals surface area (Å²) in [6.07, 6.45) is 9.65. The minimum atomic E-state index is -0.387. The number of halogens is 1. The Kier molecular flexibility index (Phi) is 11.8. The first-order valence-electron chi connectivity index (χ1n) is 11.0. The summed E-state index contributed by atoms with van der Waals surface area (Å²) in [4.78, 5) is 12.2. The summed E-state index contributed by atoms with van der Waals surface area (Å²) in [5.74, 6) is 1.01. The molecule has 0 aromatic heterocycles. The van der Waals surface area contributed by atoms with Crippen LogP contribution in [0.15, 0.2) is 48.5 Å². The van der Waals surface area contributed by atoms with Gasteiger partial charge < -0.3 is 14.2 Å². The lowest BCUT2D eigenvalue weighted by Gasteiger charge is -2.10. The van der Waals surface area contributed by atoms with E-state index >= 15 is 0 Å². The van der Waals surface area contributed by atoms with Crippen molar-refractivity contribution in [1.82, 2.24) is 0 Å². The molecule has 0 spiro atoms. The van der Waals surface area contributed by atoms with E-state index in [1.807, 2.05) is 30.3 Å². The van der Waals surface area contributed by atoms with Crippen molar-refractivity contribution in [2.75, 3.05) is 19.8 Å². The van der Waals surface area contributed by atoms with Crippen molar-refractivity contribution >= 4 is 17.6 Å². The predicted molar refractivity (Wildman–Crippen MR) is 122 cm³/mol. The number of carbonyl (C=O) groups excluding carboxylic acids is 1. The molecule has 0 heterocycles. The first kappa shape index (κ1) is 24.1. The Morgan fingerprint density at radius 3 is 2.07 bits per heavy atom. The first-order valence-corrected chi connectivity index (χ1v) is 11.4. The van der Waals surface area contributed by atoms with Gasteiger partial charge in [0.1, 0.15) is 24.7 Å². The van der Waals surface area contributed by atoms with Crippen LogP contribution in [0.1, 0.15) is 68.6 Å². The maximum Gasteiger partial charge on any atom is 0.339 e. The van der Waals surface area contributed by atoms with Crippen molar-refractivity contribution in [3.8, 4) is 11.5 Å². The van der Waals surface area contributed by atoms with Crippen molar-refractivity contribution in [1.29, 1.82) is 0 Å². The van der Waals surface area contributed by atoms with Crippen molar-refractivity contribution in [2.24, 2.45) is 0 Å². The highest BCUT2D eigenvalue weighted by Gasteiger charge is 2.12. The lowest BCUT2D eigenvalue weighted by Crippen LogP contribution is -2.10. The van der Waals surface area contributed by atoms with Crippen LogP contribution in [-0.4, -0.2) is 25.8 Å². The SMILES string of the molecule is CCCCCCCCCCOC(=O)c1ccc(OCCOc2ccccc2)cc1Cl. The molecule has 164 valence electrons. The molecular formula is C25H33ClO4. The smallest absolute Gasteiger partial charge is 0.339 e. The van der Waals surface area contributed by atoms with Gasteiger partial charge in [-0.25, -0.2) is 4.79 Å². The molecule has 0 bridgehead atoms. The number of unbranched alkanes of at least 4 members (excludes halogenated alkanes) is 7. The average Bonchev–Trinajstić information content (AvgIpc) is 2.76. The van der Waals surface area contributed by atoms with Gasteiger partial charge in [0.2, 0.25) is 0 Å². The van der Waals surface area contributed by atoms with Crippen molar-refractivity contribution in [3.63, 3.8) is 0 Å². The minimum absolute atomic E-state index is 0.331. The molecule has 0 aliphatic heterocycles. The molecule has 0 saturated carbocycles. The fraction of sp³-hybridized carbons (Fsp3) is 0.480. The third-order valence-electron chi connectivity index (χ3n) is 4.76. The molecule has 2 aromatic rings. The van der Waals surface area contributed by atoms with Crippen molar-refractivity contribution < 1.29 is 19.0 Å². The Balaban J connectivity index is 1.62. The summed E-state index contributed by atoms with van der Waals surface area (Å²) in [5, 5.41) is 0.331. The number of hydrogen-bond acceptors (Lipinski definition) is 4. The molecular weight excluding hydrogens is 400 g/mol. The highest BCUT2D eigenvalue weighted by molar-refractivity contribution is 6.33.